The normalized spacial score (nSPS) is 11.2. The predicted molar refractivity (Wildman–Crippen MR) is 91.1 cm³/mol. The number of nitrogens with zero attached hydrogens (tertiary/aromatic N) is 2. The van der Waals surface area contributed by atoms with Crippen molar-refractivity contribution in [2.24, 2.45) is 0 Å². The number of rotatable bonds is 2. The second-order valence-electron chi connectivity index (χ2n) is 5.59. The van der Waals surface area contributed by atoms with Gasteiger partial charge in [0.05, 0.1) is 11.2 Å². The van der Waals surface area contributed by atoms with Crippen LogP contribution >= 0.6 is 12.2 Å². The van der Waals surface area contributed by atoms with Crippen molar-refractivity contribution in [1.29, 1.82) is 0 Å². The van der Waals surface area contributed by atoms with Crippen LogP contribution < -0.4 is 0 Å². The second-order valence-corrected chi connectivity index (χ2v) is 5.96. The van der Waals surface area contributed by atoms with Gasteiger partial charge >= 0.3 is 0 Å². The van der Waals surface area contributed by atoms with Crippen LogP contribution in [-0.4, -0.2) is 9.55 Å². The Labute approximate surface area is 130 Å². The van der Waals surface area contributed by atoms with Crippen molar-refractivity contribution in [2.75, 3.05) is 0 Å². The van der Waals surface area contributed by atoms with Crippen LogP contribution in [0.25, 0.3) is 22.2 Å². The molecule has 3 aromatic rings. The summed E-state index contributed by atoms with van der Waals surface area (Å²) in [5, 5.41) is 1.15. The third-order valence-electron chi connectivity index (χ3n) is 3.65. The summed E-state index contributed by atoms with van der Waals surface area (Å²) < 4.78 is 2.77. The van der Waals surface area contributed by atoms with Crippen molar-refractivity contribution in [2.45, 2.75) is 26.8 Å². The van der Waals surface area contributed by atoms with E-state index in [-0.39, 0.29) is 0 Å². The summed E-state index contributed by atoms with van der Waals surface area (Å²) in [6.45, 7) is 6.39. The quantitative estimate of drug-likeness (QED) is 0.595. The number of aryl methyl sites for hydroxylation is 1. The lowest BCUT2D eigenvalue weighted by Gasteiger charge is -2.17. The van der Waals surface area contributed by atoms with Gasteiger partial charge in [0.1, 0.15) is 0 Å². The van der Waals surface area contributed by atoms with E-state index in [1.807, 2.05) is 18.2 Å². The molecule has 0 fully saturated rings. The summed E-state index contributed by atoms with van der Waals surface area (Å²) >= 11 is 5.54. The van der Waals surface area contributed by atoms with Gasteiger partial charge in [0.15, 0.2) is 0 Å². The molecule has 0 aliphatic rings. The molecule has 3 heteroatoms. The van der Waals surface area contributed by atoms with Gasteiger partial charge in [-0.15, -0.1) is 0 Å². The van der Waals surface area contributed by atoms with Crippen LogP contribution in [0.15, 0.2) is 48.5 Å². The van der Waals surface area contributed by atoms with Gasteiger partial charge in [-0.3, -0.25) is 0 Å². The zero-order valence-corrected chi connectivity index (χ0v) is 13.3. The number of hydrogen-bond donors (Lipinski definition) is 0. The molecule has 0 bridgehead atoms. The molecule has 0 aliphatic heterocycles. The molecule has 106 valence electrons. The highest BCUT2D eigenvalue weighted by Crippen LogP contribution is 2.29. The first kappa shape index (κ1) is 14.0. The molecule has 21 heavy (non-hydrogen) atoms. The molecular weight excluding hydrogens is 276 g/mol. The SMILES string of the molecule is Cc1ccc2c(-c3ccccc3)nc(=S)n(C(C)C)c2c1. The minimum absolute atomic E-state index is 0.291. The summed E-state index contributed by atoms with van der Waals surface area (Å²) in [6.07, 6.45) is 0. The van der Waals surface area contributed by atoms with Crippen molar-refractivity contribution in [3.63, 3.8) is 0 Å². The molecule has 2 nitrogen and oxygen atoms in total. The fourth-order valence-corrected chi connectivity index (χ4v) is 3.07. The van der Waals surface area contributed by atoms with Crippen LogP contribution in [0.2, 0.25) is 0 Å². The summed E-state index contributed by atoms with van der Waals surface area (Å²) in [4.78, 5) is 4.70. The summed E-state index contributed by atoms with van der Waals surface area (Å²) in [7, 11) is 0. The Bertz CT molecular complexity index is 848. The van der Waals surface area contributed by atoms with Crippen LogP contribution in [0.3, 0.4) is 0 Å². The molecule has 2 aromatic carbocycles. The molecule has 0 saturated heterocycles. The predicted octanol–water partition coefficient (Wildman–Crippen LogP) is 5.32. The second kappa shape index (κ2) is 5.41. The van der Waals surface area contributed by atoms with E-state index in [9.17, 15) is 0 Å². The zero-order valence-electron chi connectivity index (χ0n) is 12.5. The molecule has 1 heterocycles. The molecule has 0 unspecified atom stereocenters. The Morgan fingerprint density at radius 2 is 1.76 bits per heavy atom. The number of hydrogen-bond acceptors (Lipinski definition) is 2. The smallest absolute Gasteiger partial charge is 0.200 e. The lowest BCUT2D eigenvalue weighted by atomic mass is 10.0. The minimum atomic E-state index is 0.291. The van der Waals surface area contributed by atoms with Crippen molar-refractivity contribution >= 4 is 23.1 Å². The van der Waals surface area contributed by atoms with Crippen LogP contribution in [0.5, 0.6) is 0 Å². The first-order valence-electron chi connectivity index (χ1n) is 7.16. The zero-order chi connectivity index (χ0) is 15.0. The highest BCUT2D eigenvalue weighted by Gasteiger charge is 2.12. The average Bonchev–Trinajstić information content (AvgIpc) is 2.46. The Hall–Kier alpha value is -2.00. The lowest BCUT2D eigenvalue weighted by Crippen LogP contribution is -2.08. The maximum atomic E-state index is 5.54. The standard InChI is InChI=1S/C18H18N2S/c1-12(2)20-16-11-13(3)9-10-15(16)17(19-18(20)21)14-7-5-4-6-8-14/h4-12H,1-3H3. The van der Waals surface area contributed by atoms with Crippen LogP contribution in [0.4, 0.5) is 0 Å². The van der Waals surface area contributed by atoms with Gasteiger partial charge in [-0.2, -0.15) is 0 Å². The van der Waals surface area contributed by atoms with E-state index in [1.54, 1.807) is 0 Å². The lowest BCUT2D eigenvalue weighted by molar-refractivity contribution is 0.600. The van der Waals surface area contributed by atoms with E-state index in [0.29, 0.717) is 10.8 Å². The van der Waals surface area contributed by atoms with E-state index in [1.165, 1.54) is 5.56 Å². The van der Waals surface area contributed by atoms with Crippen LogP contribution in [0.1, 0.15) is 25.5 Å². The number of fused-ring (bicyclic) bond motifs is 1. The summed E-state index contributed by atoms with van der Waals surface area (Å²) in [6, 6.07) is 17.0. The van der Waals surface area contributed by atoms with Gasteiger partial charge < -0.3 is 4.57 Å². The van der Waals surface area contributed by atoms with Gasteiger partial charge in [0.2, 0.25) is 4.77 Å². The largest absolute Gasteiger partial charge is 0.314 e. The van der Waals surface area contributed by atoms with Crippen LogP contribution in [0, 0.1) is 11.7 Å². The highest BCUT2D eigenvalue weighted by molar-refractivity contribution is 7.71. The van der Waals surface area contributed by atoms with E-state index in [4.69, 9.17) is 17.2 Å². The maximum Gasteiger partial charge on any atom is 0.200 e. The maximum absolute atomic E-state index is 5.54. The van der Waals surface area contributed by atoms with Crippen molar-refractivity contribution in [3.8, 4) is 11.3 Å². The van der Waals surface area contributed by atoms with Gasteiger partial charge in [-0.25, -0.2) is 4.98 Å². The fourth-order valence-electron chi connectivity index (χ4n) is 2.67. The van der Waals surface area contributed by atoms with E-state index in [0.717, 1.165) is 22.2 Å². The van der Waals surface area contributed by atoms with Crippen LogP contribution in [-0.2, 0) is 0 Å². The molecule has 0 spiro atoms. The number of benzene rings is 2. The molecule has 0 radical (unpaired) electrons. The molecule has 0 amide bonds. The van der Waals surface area contributed by atoms with Gasteiger partial charge in [0.25, 0.3) is 0 Å². The Morgan fingerprint density at radius 1 is 1.05 bits per heavy atom. The topological polar surface area (TPSA) is 17.8 Å². The highest BCUT2D eigenvalue weighted by atomic mass is 32.1. The van der Waals surface area contributed by atoms with Crippen molar-refractivity contribution in [1.82, 2.24) is 9.55 Å². The third kappa shape index (κ3) is 2.49. The molecule has 0 N–H and O–H groups in total. The first-order valence-corrected chi connectivity index (χ1v) is 7.57. The summed E-state index contributed by atoms with van der Waals surface area (Å²) in [5.74, 6) is 0. The summed E-state index contributed by atoms with van der Waals surface area (Å²) in [5.41, 5.74) is 4.46. The van der Waals surface area contributed by atoms with Gasteiger partial charge in [-0.05, 0) is 44.6 Å². The molecule has 0 saturated carbocycles. The molecule has 1 aromatic heterocycles. The molecule has 0 aliphatic carbocycles. The number of aromatic nitrogens is 2. The van der Waals surface area contributed by atoms with Gasteiger partial charge in [-0.1, -0.05) is 42.5 Å². The first-order chi connectivity index (χ1) is 10.1. The van der Waals surface area contributed by atoms with E-state index >= 15 is 0 Å². The third-order valence-corrected chi connectivity index (χ3v) is 3.93. The van der Waals surface area contributed by atoms with E-state index < -0.39 is 0 Å². The van der Waals surface area contributed by atoms with Gasteiger partial charge in [0, 0.05) is 17.0 Å². The minimum Gasteiger partial charge on any atom is -0.314 e. The fraction of sp³-hybridized carbons (Fsp3) is 0.222. The van der Waals surface area contributed by atoms with Crippen molar-refractivity contribution in [3.05, 3.63) is 58.9 Å². The molecule has 0 atom stereocenters. The van der Waals surface area contributed by atoms with Crippen molar-refractivity contribution < 1.29 is 0 Å². The molecular formula is C18H18N2S. The Balaban J connectivity index is 2.44. The Kier molecular flexibility index (Phi) is 3.60. The Morgan fingerprint density at radius 3 is 2.43 bits per heavy atom. The van der Waals surface area contributed by atoms with E-state index in [2.05, 4.69) is 55.7 Å². The molecule has 3 rings (SSSR count). The monoisotopic (exact) mass is 294 g/mol. The average molecular weight is 294 g/mol.